The molecule has 168 valence electrons. The number of halogens is 1. The number of nitrogens with zero attached hydrogens (tertiary/aromatic N) is 3. The van der Waals surface area contributed by atoms with Crippen molar-refractivity contribution in [1.82, 2.24) is 9.80 Å². The van der Waals surface area contributed by atoms with Gasteiger partial charge in [-0.2, -0.15) is 0 Å². The van der Waals surface area contributed by atoms with Crippen molar-refractivity contribution >= 4 is 17.4 Å². The second-order valence-corrected chi connectivity index (χ2v) is 8.14. The molecule has 0 unspecified atom stereocenters. The van der Waals surface area contributed by atoms with Gasteiger partial charge in [-0.1, -0.05) is 18.2 Å². The fourth-order valence-corrected chi connectivity index (χ4v) is 4.33. The Kier molecular flexibility index (Phi) is 5.46. The van der Waals surface area contributed by atoms with E-state index in [2.05, 4.69) is 4.90 Å². The molecule has 3 aromatic rings. The highest BCUT2D eigenvalue weighted by molar-refractivity contribution is 6.04. The van der Waals surface area contributed by atoms with E-state index in [-0.39, 0.29) is 17.8 Å². The smallest absolute Gasteiger partial charge is 0.254 e. The van der Waals surface area contributed by atoms with Gasteiger partial charge in [0.1, 0.15) is 17.3 Å². The average molecular weight is 445 g/mol. The van der Waals surface area contributed by atoms with Gasteiger partial charge in [0.2, 0.25) is 0 Å². The van der Waals surface area contributed by atoms with Crippen molar-refractivity contribution < 1.29 is 18.7 Å². The maximum Gasteiger partial charge on any atom is 0.254 e. The summed E-state index contributed by atoms with van der Waals surface area (Å²) in [6.45, 7) is 3.75. The fourth-order valence-electron chi connectivity index (χ4n) is 4.33. The molecule has 0 aromatic heterocycles. The third-order valence-corrected chi connectivity index (χ3v) is 6.02. The SMILES string of the molecule is COc1cccc2c1Oc1ccccc1N=C2N1CCN(C(=O)c2ccc(F)cc2)[C@H](C)C1. The summed E-state index contributed by atoms with van der Waals surface area (Å²) in [5.41, 5.74) is 2.07. The molecule has 1 amide bonds. The van der Waals surface area contributed by atoms with E-state index in [0.29, 0.717) is 42.4 Å². The molecule has 6 nitrogen and oxygen atoms in total. The molecule has 3 aromatic carbocycles. The highest BCUT2D eigenvalue weighted by Gasteiger charge is 2.32. The predicted molar refractivity (Wildman–Crippen MR) is 124 cm³/mol. The molecule has 0 aliphatic carbocycles. The molecule has 1 fully saturated rings. The predicted octanol–water partition coefficient (Wildman–Crippen LogP) is 4.86. The number of para-hydroxylation sites is 3. The van der Waals surface area contributed by atoms with Crippen LogP contribution >= 0.6 is 0 Å². The van der Waals surface area contributed by atoms with Crippen LogP contribution in [0.2, 0.25) is 0 Å². The van der Waals surface area contributed by atoms with E-state index in [1.807, 2.05) is 54.3 Å². The first-order valence-electron chi connectivity index (χ1n) is 10.9. The van der Waals surface area contributed by atoms with Crippen LogP contribution in [0.4, 0.5) is 10.1 Å². The third kappa shape index (κ3) is 3.91. The van der Waals surface area contributed by atoms with Crippen molar-refractivity contribution in [1.29, 1.82) is 0 Å². The first kappa shape index (κ1) is 21.0. The summed E-state index contributed by atoms with van der Waals surface area (Å²) in [6.07, 6.45) is 0. The first-order chi connectivity index (χ1) is 16.0. The molecule has 0 N–H and O–H groups in total. The Morgan fingerprint density at radius 3 is 2.61 bits per heavy atom. The van der Waals surface area contributed by atoms with Crippen molar-refractivity contribution in [2.45, 2.75) is 13.0 Å². The summed E-state index contributed by atoms with van der Waals surface area (Å²) in [5.74, 6) is 2.26. The lowest BCUT2D eigenvalue weighted by Crippen LogP contribution is -2.55. The maximum absolute atomic E-state index is 13.3. The number of fused-ring (bicyclic) bond motifs is 2. The van der Waals surface area contributed by atoms with Gasteiger partial charge in [-0.3, -0.25) is 4.79 Å². The van der Waals surface area contributed by atoms with Crippen LogP contribution in [0.5, 0.6) is 17.2 Å². The van der Waals surface area contributed by atoms with Gasteiger partial charge in [0.05, 0.1) is 12.7 Å². The zero-order chi connectivity index (χ0) is 22.9. The van der Waals surface area contributed by atoms with E-state index in [4.69, 9.17) is 14.5 Å². The van der Waals surface area contributed by atoms with E-state index in [9.17, 15) is 9.18 Å². The number of carbonyl (C=O) groups is 1. The monoisotopic (exact) mass is 445 g/mol. The van der Waals surface area contributed by atoms with Gasteiger partial charge in [-0.15, -0.1) is 0 Å². The van der Waals surface area contributed by atoms with Crippen LogP contribution in [0.15, 0.2) is 71.7 Å². The van der Waals surface area contributed by atoms with Crippen molar-refractivity contribution in [3.8, 4) is 17.2 Å². The van der Waals surface area contributed by atoms with Crippen molar-refractivity contribution in [2.24, 2.45) is 4.99 Å². The quantitative estimate of drug-likeness (QED) is 0.565. The van der Waals surface area contributed by atoms with E-state index < -0.39 is 0 Å². The summed E-state index contributed by atoms with van der Waals surface area (Å²) in [7, 11) is 1.62. The van der Waals surface area contributed by atoms with Gasteiger partial charge in [-0.25, -0.2) is 9.38 Å². The lowest BCUT2D eigenvalue weighted by atomic mass is 10.1. The van der Waals surface area contributed by atoms with Crippen LogP contribution in [0.25, 0.3) is 0 Å². The molecule has 1 atom stereocenters. The van der Waals surface area contributed by atoms with Crippen molar-refractivity contribution in [3.05, 3.63) is 83.7 Å². The summed E-state index contributed by atoms with van der Waals surface area (Å²) in [4.78, 5) is 22.0. The molecule has 2 heterocycles. The molecule has 33 heavy (non-hydrogen) atoms. The minimum absolute atomic E-state index is 0.0625. The molecule has 0 radical (unpaired) electrons. The average Bonchev–Trinajstić information content (AvgIpc) is 3.01. The Hall–Kier alpha value is -3.87. The minimum Gasteiger partial charge on any atom is -0.493 e. The molecular weight excluding hydrogens is 421 g/mol. The number of carbonyl (C=O) groups excluding carboxylic acids is 1. The van der Waals surface area contributed by atoms with Crippen LogP contribution in [-0.2, 0) is 0 Å². The molecule has 2 aliphatic heterocycles. The number of hydrogen-bond donors (Lipinski definition) is 0. The molecule has 5 rings (SSSR count). The number of rotatable bonds is 2. The Labute approximate surface area is 191 Å². The van der Waals surface area contributed by atoms with Gasteiger partial charge >= 0.3 is 0 Å². The van der Waals surface area contributed by atoms with Gasteiger partial charge < -0.3 is 19.3 Å². The Morgan fingerprint density at radius 2 is 1.85 bits per heavy atom. The number of amidine groups is 1. The molecule has 2 aliphatic rings. The van der Waals surface area contributed by atoms with E-state index in [1.54, 1.807) is 7.11 Å². The van der Waals surface area contributed by atoms with Crippen molar-refractivity contribution in [3.63, 3.8) is 0 Å². The number of benzene rings is 3. The van der Waals surface area contributed by atoms with Crippen LogP contribution in [0.1, 0.15) is 22.8 Å². The summed E-state index contributed by atoms with van der Waals surface area (Å²) in [5, 5.41) is 0. The number of amides is 1. The molecule has 7 heteroatoms. The van der Waals surface area contributed by atoms with Crippen LogP contribution < -0.4 is 9.47 Å². The summed E-state index contributed by atoms with van der Waals surface area (Å²) >= 11 is 0. The van der Waals surface area contributed by atoms with Crippen LogP contribution in [0.3, 0.4) is 0 Å². The third-order valence-electron chi connectivity index (χ3n) is 6.02. The zero-order valence-corrected chi connectivity index (χ0v) is 18.5. The van der Waals surface area contributed by atoms with E-state index in [0.717, 1.165) is 17.1 Å². The number of piperazine rings is 1. The second kappa shape index (κ2) is 8.58. The fraction of sp³-hybridized carbons (Fsp3) is 0.231. The van der Waals surface area contributed by atoms with Crippen molar-refractivity contribution in [2.75, 3.05) is 26.7 Å². The number of methoxy groups -OCH3 is 1. The summed E-state index contributed by atoms with van der Waals surface area (Å²) in [6, 6.07) is 19.0. The van der Waals surface area contributed by atoms with Gasteiger partial charge in [0.25, 0.3) is 5.91 Å². The highest BCUT2D eigenvalue weighted by Crippen LogP contribution is 2.42. The van der Waals surface area contributed by atoms with Crippen LogP contribution in [0, 0.1) is 5.82 Å². The van der Waals surface area contributed by atoms with Gasteiger partial charge in [0.15, 0.2) is 17.2 Å². The molecule has 1 saturated heterocycles. The standard InChI is InChI=1S/C26H24FN3O3/c1-17-16-29(14-15-30(17)26(31)18-10-12-19(27)13-11-18)25-20-6-5-9-23(32-2)24(20)33-22-8-4-3-7-21(22)28-25/h3-13,17H,14-16H2,1-2H3/t17-/m1/s1. The van der Waals surface area contributed by atoms with Gasteiger partial charge in [-0.05, 0) is 55.5 Å². The van der Waals surface area contributed by atoms with E-state index >= 15 is 0 Å². The topological polar surface area (TPSA) is 54.4 Å². The normalized spacial score (nSPS) is 17.3. The Bertz CT molecular complexity index is 1230. The van der Waals surface area contributed by atoms with Gasteiger partial charge in [0, 0.05) is 31.2 Å². The molecule has 0 saturated carbocycles. The summed E-state index contributed by atoms with van der Waals surface area (Å²) < 4.78 is 25.1. The Balaban J connectivity index is 1.46. The first-order valence-corrected chi connectivity index (χ1v) is 10.9. The number of ether oxygens (including phenoxy) is 2. The molecule has 0 spiro atoms. The number of aliphatic imine (C=N–C) groups is 1. The minimum atomic E-state index is -0.354. The lowest BCUT2D eigenvalue weighted by molar-refractivity contribution is 0.0581. The second-order valence-electron chi connectivity index (χ2n) is 8.14. The number of hydrogen-bond acceptors (Lipinski definition) is 5. The van der Waals surface area contributed by atoms with Crippen LogP contribution in [-0.4, -0.2) is 54.3 Å². The Morgan fingerprint density at radius 1 is 1.06 bits per heavy atom. The molecular formula is C26H24FN3O3. The molecule has 0 bridgehead atoms. The lowest BCUT2D eigenvalue weighted by Gasteiger charge is -2.41. The zero-order valence-electron chi connectivity index (χ0n) is 18.5. The van der Waals surface area contributed by atoms with E-state index in [1.165, 1.54) is 24.3 Å². The highest BCUT2D eigenvalue weighted by atomic mass is 19.1. The maximum atomic E-state index is 13.3. The largest absolute Gasteiger partial charge is 0.493 e.